The van der Waals surface area contributed by atoms with Gasteiger partial charge < -0.3 is 20.5 Å². The van der Waals surface area contributed by atoms with E-state index in [-0.39, 0.29) is 24.9 Å². The fraction of sp³-hybridized carbons (Fsp3) is 0.344. The summed E-state index contributed by atoms with van der Waals surface area (Å²) in [7, 11) is 0. The minimum absolute atomic E-state index is 0.0962. The number of fused-ring (bicyclic) bond motifs is 3. The normalized spacial score (nSPS) is 18.9. The van der Waals surface area contributed by atoms with Crippen LogP contribution in [0.25, 0.3) is 11.1 Å². The van der Waals surface area contributed by atoms with Crippen LogP contribution in [0.3, 0.4) is 0 Å². The largest absolute Gasteiger partial charge is 0.481 e. The van der Waals surface area contributed by atoms with Crippen LogP contribution in [0.1, 0.15) is 48.8 Å². The number of nitrogens with one attached hydrogen (secondary N) is 2. The predicted molar refractivity (Wildman–Crippen MR) is 152 cm³/mol. The van der Waals surface area contributed by atoms with Crippen LogP contribution in [-0.4, -0.2) is 59.3 Å². The number of ether oxygens (including phenoxy) is 1. The molecule has 2 atom stereocenters. The number of nitrogens with zero attached hydrogens (tertiary/aromatic N) is 1. The molecule has 1 unspecified atom stereocenters. The molecule has 0 radical (unpaired) electrons. The van der Waals surface area contributed by atoms with Crippen molar-refractivity contribution in [2.24, 2.45) is 0 Å². The molecule has 0 aromatic heterocycles. The Labute approximate surface area is 234 Å². The summed E-state index contributed by atoms with van der Waals surface area (Å²) >= 11 is 0. The fourth-order valence-electron chi connectivity index (χ4n) is 5.87. The van der Waals surface area contributed by atoms with Crippen LogP contribution >= 0.6 is 0 Å². The zero-order valence-electron chi connectivity index (χ0n) is 22.6. The third kappa shape index (κ3) is 5.87. The van der Waals surface area contributed by atoms with E-state index in [1.807, 2.05) is 61.5 Å². The lowest BCUT2D eigenvalue weighted by molar-refractivity contribution is -0.138. The van der Waals surface area contributed by atoms with Crippen molar-refractivity contribution < 1.29 is 24.2 Å². The van der Waals surface area contributed by atoms with Gasteiger partial charge in [0.1, 0.15) is 12.1 Å². The molecular weight excluding hydrogens is 506 g/mol. The maximum atomic E-state index is 13.6. The first kappa shape index (κ1) is 27.4. The molecule has 208 valence electrons. The van der Waals surface area contributed by atoms with E-state index >= 15 is 0 Å². The second kappa shape index (κ2) is 11.9. The summed E-state index contributed by atoms with van der Waals surface area (Å²) in [4.78, 5) is 40.3. The first-order valence-corrected chi connectivity index (χ1v) is 13.8. The molecule has 1 heterocycles. The Bertz CT molecular complexity index is 1330. The van der Waals surface area contributed by atoms with Gasteiger partial charge >= 0.3 is 12.1 Å². The molecule has 0 spiro atoms. The first-order valence-electron chi connectivity index (χ1n) is 13.8. The number of carboxylic acids is 1. The van der Waals surface area contributed by atoms with Crippen LogP contribution in [0.2, 0.25) is 0 Å². The fourth-order valence-corrected chi connectivity index (χ4v) is 5.87. The molecule has 2 aliphatic rings. The smallest absolute Gasteiger partial charge is 0.408 e. The summed E-state index contributed by atoms with van der Waals surface area (Å²) in [5.41, 5.74) is 4.37. The average molecular weight is 542 g/mol. The number of benzene rings is 3. The van der Waals surface area contributed by atoms with E-state index in [2.05, 4.69) is 39.8 Å². The van der Waals surface area contributed by atoms with E-state index in [1.54, 1.807) is 0 Å². The second-order valence-corrected chi connectivity index (χ2v) is 10.7. The van der Waals surface area contributed by atoms with E-state index in [1.165, 1.54) is 0 Å². The molecule has 3 aromatic rings. The quantitative estimate of drug-likeness (QED) is 0.348. The number of hydrogen-bond acceptors (Lipinski definition) is 5. The molecule has 0 saturated carbocycles. The predicted octanol–water partition coefficient (Wildman–Crippen LogP) is 4.54. The Morgan fingerprint density at radius 3 is 2.23 bits per heavy atom. The standard InChI is InChI=1S/C32H35N3O5/c1-2-23(18-29(36)37)33-30(38)32(16-17-35(21-32)19-22-10-4-3-5-11-22)34-31(39)40-20-28-26-14-8-6-12-24(26)25-13-7-9-15-27(25)28/h3-15,23,28H,2,16-21H2,1H3,(H,33,38)(H,34,39)(H,36,37)/t23-,32?/m0/s1. The van der Waals surface area contributed by atoms with Gasteiger partial charge in [0, 0.05) is 31.6 Å². The van der Waals surface area contributed by atoms with Gasteiger partial charge in [-0.1, -0.05) is 85.8 Å². The van der Waals surface area contributed by atoms with Crippen LogP contribution in [-0.2, 0) is 20.9 Å². The lowest BCUT2D eigenvalue weighted by Gasteiger charge is -2.31. The first-order chi connectivity index (χ1) is 19.4. The highest BCUT2D eigenvalue weighted by atomic mass is 16.5. The molecule has 8 nitrogen and oxygen atoms in total. The van der Waals surface area contributed by atoms with Crippen molar-refractivity contribution in [3.8, 4) is 11.1 Å². The number of hydrogen-bond donors (Lipinski definition) is 3. The molecule has 1 saturated heterocycles. The molecule has 1 fully saturated rings. The van der Waals surface area contributed by atoms with Crippen molar-refractivity contribution in [2.45, 2.75) is 50.2 Å². The van der Waals surface area contributed by atoms with E-state index in [9.17, 15) is 19.5 Å². The zero-order valence-corrected chi connectivity index (χ0v) is 22.6. The number of alkyl carbamates (subject to hydrolysis) is 1. The van der Waals surface area contributed by atoms with Crippen LogP contribution in [0, 0.1) is 0 Å². The molecule has 3 aromatic carbocycles. The third-order valence-electron chi connectivity index (χ3n) is 7.97. The van der Waals surface area contributed by atoms with Crippen molar-refractivity contribution >= 4 is 18.0 Å². The van der Waals surface area contributed by atoms with Gasteiger partial charge in [-0.05, 0) is 40.7 Å². The topological polar surface area (TPSA) is 108 Å². The number of aliphatic carboxylic acids is 1. The van der Waals surface area contributed by atoms with Crippen molar-refractivity contribution in [1.29, 1.82) is 0 Å². The maximum Gasteiger partial charge on any atom is 0.408 e. The van der Waals surface area contributed by atoms with Gasteiger partial charge in [-0.25, -0.2) is 4.79 Å². The molecule has 3 N–H and O–H groups in total. The Balaban J connectivity index is 1.31. The zero-order chi connectivity index (χ0) is 28.1. The van der Waals surface area contributed by atoms with Crippen molar-refractivity contribution in [2.75, 3.05) is 19.7 Å². The number of amides is 2. The van der Waals surface area contributed by atoms with Gasteiger partial charge in [-0.2, -0.15) is 0 Å². The van der Waals surface area contributed by atoms with Gasteiger partial charge in [-0.3, -0.25) is 14.5 Å². The van der Waals surface area contributed by atoms with E-state index in [4.69, 9.17) is 4.74 Å². The summed E-state index contributed by atoms with van der Waals surface area (Å²) in [5.74, 6) is -1.46. The highest BCUT2D eigenvalue weighted by Gasteiger charge is 2.47. The highest BCUT2D eigenvalue weighted by Crippen LogP contribution is 2.44. The Kier molecular flexibility index (Phi) is 8.16. The van der Waals surface area contributed by atoms with E-state index < -0.39 is 23.6 Å². The van der Waals surface area contributed by atoms with Crippen LogP contribution in [0.5, 0.6) is 0 Å². The number of likely N-dealkylation sites (tertiary alicyclic amines) is 1. The Hall–Kier alpha value is -4.17. The number of carbonyl (C=O) groups excluding carboxylic acids is 2. The van der Waals surface area contributed by atoms with Gasteiger partial charge in [0.15, 0.2) is 0 Å². The monoisotopic (exact) mass is 541 g/mol. The van der Waals surface area contributed by atoms with Crippen molar-refractivity contribution in [3.63, 3.8) is 0 Å². The van der Waals surface area contributed by atoms with Crippen molar-refractivity contribution in [3.05, 3.63) is 95.6 Å². The van der Waals surface area contributed by atoms with Crippen LogP contribution in [0.15, 0.2) is 78.9 Å². The maximum absolute atomic E-state index is 13.6. The minimum atomic E-state index is -1.23. The Morgan fingerprint density at radius 2 is 1.60 bits per heavy atom. The molecule has 5 rings (SSSR count). The van der Waals surface area contributed by atoms with Crippen molar-refractivity contribution in [1.82, 2.24) is 15.5 Å². The summed E-state index contributed by atoms with van der Waals surface area (Å²) in [6.45, 7) is 3.50. The van der Waals surface area contributed by atoms with E-state index in [0.29, 0.717) is 32.5 Å². The van der Waals surface area contributed by atoms with E-state index in [0.717, 1.165) is 27.8 Å². The Morgan fingerprint density at radius 1 is 0.975 bits per heavy atom. The molecule has 40 heavy (non-hydrogen) atoms. The second-order valence-electron chi connectivity index (χ2n) is 10.7. The minimum Gasteiger partial charge on any atom is -0.481 e. The molecule has 0 bridgehead atoms. The van der Waals surface area contributed by atoms with Gasteiger partial charge in [0.2, 0.25) is 5.91 Å². The molecule has 1 aliphatic heterocycles. The number of rotatable bonds is 10. The SMILES string of the molecule is CC[C@@H](CC(=O)O)NC(=O)C1(NC(=O)OCC2c3ccccc3-c3ccccc32)CCN(Cc2ccccc2)C1. The molecule has 1 aliphatic carbocycles. The van der Waals surface area contributed by atoms with Crippen LogP contribution < -0.4 is 10.6 Å². The molecular formula is C32H35N3O5. The molecule has 2 amide bonds. The lowest BCUT2D eigenvalue weighted by Crippen LogP contribution is -2.62. The van der Waals surface area contributed by atoms with Crippen LogP contribution in [0.4, 0.5) is 4.79 Å². The van der Waals surface area contributed by atoms with Gasteiger partial charge in [0.05, 0.1) is 6.42 Å². The highest BCUT2D eigenvalue weighted by molar-refractivity contribution is 5.91. The summed E-state index contributed by atoms with van der Waals surface area (Å²) in [5, 5.41) is 15.1. The summed E-state index contributed by atoms with van der Waals surface area (Å²) < 4.78 is 5.78. The lowest BCUT2D eigenvalue weighted by atomic mass is 9.96. The summed E-state index contributed by atoms with van der Waals surface area (Å²) in [6.07, 6.45) is 0.00763. The van der Waals surface area contributed by atoms with Gasteiger partial charge in [-0.15, -0.1) is 0 Å². The third-order valence-corrected chi connectivity index (χ3v) is 7.97. The average Bonchev–Trinajstić information content (AvgIpc) is 3.51. The molecule has 8 heteroatoms. The number of carboxylic acid groups (broad SMARTS) is 1. The van der Waals surface area contributed by atoms with Gasteiger partial charge in [0.25, 0.3) is 0 Å². The summed E-state index contributed by atoms with van der Waals surface area (Å²) in [6, 6.07) is 25.7. The number of carbonyl (C=O) groups is 3.